The SMILES string of the molecule is CCC(C)N(C)C(=O)c1cc(N)cc(Cl)c1Cl. The standard InChI is InChI=1S/C12H16Cl2N2O/c1-4-7(2)16(3)12(17)9-5-8(15)6-10(13)11(9)14/h5-7H,4,15H2,1-3H3. The molecule has 0 aromatic heterocycles. The van der Waals surface area contributed by atoms with Gasteiger partial charge in [-0.3, -0.25) is 4.79 Å². The fourth-order valence-electron chi connectivity index (χ4n) is 1.43. The van der Waals surface area contributed by atoms with Crippen LogP contribution in [0.2, 0.25) is 10.0 Å². The molecule has 0 aliphatic heterocycles. The highest BCUT2D eigenvalue weighted by Crippen LogP contribution is 2.29. The Labute approximate surface area is 111 Å². The molecule has 5 heteroatoms. The zero-order valence-electron chi connectivity index (χ0n) is 10.1. The topological polar surface area (TPSA) is 46.3 Å². The quantitative estimate of drug-likeness (QED) is 0.859. The van der Waals surface area contributed by atoms with Crippen molar-refractivity contribution in [1.82, 2.24) is 4.90 Å². The molecule has 0 spiro atoms. The van der Waals surface area contributed by atoms with E-state index in [0.29, 0.717) is 16.3 Å². The van der Waals surface area contributed by atoms with Crippen LogP contribution < -0.4 is 5.73 Å². The molecule has 0 fully saturated rings. The summed E-state index contributed by atoms with van der Waals surface area (Å²) in [7, 11) is 1.74. The summed E-state index contributed by atoms with van der Waals surface area (Å²) in [5.41, 5.74) is 6.44. The van der Waals surface area contributed by atoms with Crippen LogP contribution in [0.15, 0.2) is 12.1 Å². The Balaban J connectivity index is 3.12. The van der Waals surface area contributed by atoms with E-state index in [-0.39, 0.29) is 17.0 Å². The van der Waals surface area contributed by atoms with Crippen molar-refractivity contribution in [2.75, 3.05) is 12.8 Å². The van der Waals surface area contributed by atoms with Gasteiger partial charge in [-0.2, -0.15) is 0 Å². The maximum absolute atomic E-state index is 12.2. The molecular formula is C12H16Cl2N2O. The first-order valence-electron chi connectivity index (χ1n) is 5.40. The van der Waals surface area contributed by atoms with Crippen LogP contribution in [-0.4, -0.2) is 23.9 Å². The van der Waals surface area contributed by atoms with E-state index in [9.17, 15) is 4.79 Å². The Morgan fingerprint density at radius 3 is 2.59 bits per heavy atom. The predicted octanol–water partition coefficient (Wildman–Crippen LogP) is 3.45. The van der Waals surface area contributed by atoms with Gasteiger partial charge >= 0.3 is 0 Å². The Morgan fingerprint density at radius 1 is 1.47 bits per heavy atom. The van der Waals surface area contributed by atoms with E-state index >= 15 is 0 Å². The molecule has 1 unspecified atom stereocenters. The van der Waals surface area contributed by atoms with Crippen LogP contribution in [0.3, 0.4) is 0 Å². The molecule has 1 aromatic carbocycles. The highest BCUT2D eigenvalue weighted by Gasteiger charge is 2.20. The first-order chi connectivity index (χ1) is 7.88. The van der Waals surface area contributed by atoms with Crippen molar-refractivity contribution < 1.29 is 4.79 Å². The number of amides is 1. The number of rotatable bonds is 3. The molecule has 1 amide bonds. The monoisotopic (exact) mass is 274 g/mol. The van der Waals surface area contributed by atoms with E-state index in [1.165, 1.54) is 6.07 Å². The molecule has 1 atom stereocenters. The molecule has 0 heterocycles. The fraction of sp³-hybridized carbons (Fsp3) is 0.417. The van der Waals surface area contributed by atoms with Crippen molar-refractivity contribution in [2.45, 2.75) is 26.3 Å². The molecule has 0 aliphatic carbocycles. The molecule has 3 nitrogen and oxygen atoms in total. The van der Waals surface area contributed by atoms with Gasteiger partial charge in [-0.25, -0.2) is 0 Å². The average molecular weight is 275 g/mol. The van der Waals surface area contributed by atoms with Crippen molar-refractivity contribution in [1.29, 1.82) is 0 Å². The van der Waals surface area contributed by atoms with Gasteiger partial charge in [-0.15, -0.1) is 0 Å². The molecule has 0 radical (unpaired) electrons. The van der Waals surface area contributed by atoms with Gasteiger partial charge in [-0.05, 0) is 25.5 Å². The van der Waals surface area contributed by atoms with Crippen LogP contribution in [0.1, 0.15) is 30.6 Å². The van der Waals surface area contributed by atoms with Crippen LogP contribution >= 0.6 is 23.2 Å². The summed E-state index contributed by atoms with van der Waals surface area (Å²) in [5.74, 6) is -0.168. The summed E-state index contributed by atoms with van der Waals surface area (Å²) in [4.78, 5) is 13.8. The molecule has 94 valence electrons. The maximum atomic E-state index is 12.2. The van der Waals surface area contributed by atoms with Crippen LogP contribution in [-0.2, 0) is 0 Å². The Bertz CT molecular complexity index is 435. The number of halogens is 2. The van der Waals surface area contributed by atoms with Gasteiger partial charge in [0.05, 0.1) is 15.6 Å². The third-order valence-corrected chi connectivity index (χ3v) is 3.66. The second-order valence-electron chi connectivity index (χ2n) is 4.04. The van der Waals surface area contributed by atoms with Crippen molar-refractivity contribution in [2.24, 2.45) is 0 Å². The molecule has 0 bridgehead atoms. The lowest BCUT2D eigenvalue weighted by atomic mass is 10.1. The molecule has 2 N–H and O–H groups in total. The minimum Gasteiger partial charge on any atom is -0.399 e. The summed E-state index contributed by atoms with van der Waals surface area (Å²) in [6, 6.07) is 3.22. The number of carbonyl (C=O) groups excluding carboxylic acids is 1. The number of benzene rings is 1. The number of hydrogen-bond donors (Lipinski definition) is 1. The van der Waals surface area contributed by atoms with Gasteiger partial charge in [-0.1, -0.05) is 30.1 Å². The summed E-state index contributed by atoms with van der Waals surface area (Å²) < 4.78 is 0. The first kappa shape index (κ1) is 14.1. The van der Waals surface area contributed by atoms with Crippen LogP contribution in [0.4, 0.5) is 5.69 Å². The summed E-state index contributed by atoms with van der Waals surface area (Å²) >= 11 is 11.9. The molecule has 1 rings (SSSR count). The number of hydrogen-bond acceptors (Lipinski definition) is 2. The van der Waals surface area contributed by atoms with Gasteiger partial charge in [0, 0.05) is 18.8 Å². The second kappa shape index (κ2) is 5.61. The van der Waals surface area contributed by atoms with E-state index in [0.717, 1.165) is 6.42 Å². The lowest BCUT2D eigenvalue weighted by Crippen LogP contribution is -2.34. The van der Waals surface area contributed by atoms with Gasteiger partial charge in [0.25, 0.3) is 5.91 Å². The largest absolute Gasteiger partial charge is 0.399 e. The summed E-state index contributed by atoms with van der Waals surface area (Å²) in [6.45, 7) is 3.99. The Hall–Kier alpha value is -0.930. The third-order valence-electron chi connectivity index (χ3n) is 2.85. The number of nitrogens with zero attached hydrogens (tertiary/aromatic N) is 1. The molecular weight excluding hydrogens is 259 g/mol. The van der Waals surface area contributed by atoms with Gasteiger partial charge in [0.1, 0.15) is 0 Å². The maximum Gasteiger partial charge on any atom is 0.255 e. The van der Waals surface area contributed by atoms with Gasteiger partial charge in [0.2, 0.25) is 0 Å². The number of nitrogen functional groups attached to an aromatic ring is 1. The average Bonchev–Trinajstić information content (AvgIpc) is 2.30. The number of anilines is 1. The smallest absolute Gasteiger partial charge is 0.255 e. The van der Waals surface area contributed by atoms with Crippen molar-refractivity contribution in [3.05, 3.63) is 27.7 Å². The zero-order chi connectivity index (χ0) is 13.2. The third kappa shape index (κ3) is 3.05. The number of carbonyl (C=O) groups is 1. The van der Waals surface area contributed by atoms with Gasteiger partial charge < -0.3 is 10.6 Å². The van der Waals surface area contributed by atoms with E-state index in [1.807, 2.05) is 13.8 Å². The normalized spacial score (nSPS) is 12.3. The highest BCUT2D eigenvalue weighted by molar-refractivity contribution is 6.44. The minimum atomic E-state index is -0.168. The van der Waals surface area contributed by atoms with Crippen molar-refractivity contribution in [3.63, 3.8) is 0 Å². The molecule has 0 saturated heterocycles. The van der Waals surface area contributed by atoms with Crippen molar-refractivity contribution in [3.8, 4) is 0 Å². The van der Waals surface area contributed by atoms with E-state index in [4.69, 9.17) is 28.9 Å². The lowest BCUT2D eigenvalue weighted by Gasteiger charge is -2.24. The molecule has 17 heavy (non-hydrogen) atoms. The zero-order valence-corrected chi connectivity index (χ0v) is 11.6. The summed E-state index contributed by atoms with van der Waals surface area (Å²) in [6.07, 6.45) is 0.871. The Kier molecular flexibility index (Phi) is 4.66. The second-order valence-corrected chi connectivity index (χ2v) is 4.82. The lowest BCUT2D eigenvalue weighted by molar-refractivity contribution is 0.0741. The minimum absolute atomic E-state index is 0.138. The Morgan fingerprint density at radius 2 is 2.06 bits per heavy atom. The molecule has 1 aromatic rings. The predicted molar refractivity (Wildman–Crippen MR) is 72.7 cm³/mol. The number of nitrogens with two attached hydrogens (primary N) is 1. The summed E-state index contributed by atoms with van der Waals surface area (Å²) in [5, 5.41) is 0.550. The van der Waals surface area contributed by atoms with E-state index in [1.54, 1.807) is 18.0 Å². The van der Waals surface area contributed by atoms with Crippen molar-refractivity contribution >= 4 is 34.8 Å². The van der Waals surface area contributed by atoms with Crippen LogP contribution in [0.5, 0.6) is 0 Å². The first-order valence-corrected chi connectivity index (χ1v) is 6.15. The van der Waals surface area contributed by atoms with Crippen LogP contribution in [0, 0.1) is 0 Å². The highest BCUT2D eigenvalue weighted by atomic mass is 35.5. The fourth-order valence-corrected chi connectivity index (χ4v) is 1.85. The van der Waals surface area contributed by atoms with Gasteiger partial charge in [0.15, 0.2) is 0 Å². The van der Waals surface area contributed by atoms with E-state index < -0.39 is 0 Å². The van der Waals surface area contributed by atoms with Crippen LogP contribution in [0.25, 0.3) is 0 Å². The molecule has 0 aliphatic rings. The van der Waals surface area contributed by atoms with E-state index in [2.05, 4.69) is 0 Å². The molecule has 0 saturated carbocycles.